The van der Waals surface area contributed by atoms with E-state index in [2.05, 4.69) is 16.4 Å². The summed E-state index contributed by atoms with van der Waals surface area (Å²) in [4.78, 5) is 16.3. The Morgan fingerprint density at radius 2 is 2.14 bits per heavy atom. The topological polar surface area (TPSA) is 42.0 Å². The van der Waals surface area contributed by atoms with Gasteiger partial charge in [-0.05, 0) is 48.4 Å². The number of carbonyl (C=O) groups excluding carboxylic acids is 1. The summed E-state index contributed by atoms with van der Waals surface area (Å²) in [6.45, 7) is 2.03. The lowest BCUT2D eigenvalue weighted by molar-refractivity contribution is -0.111. The molecular formula is C17H13ClN2OS. The molecule has 110 valence electrons. The Labute approximate surface area is 137 Å². The number of amides is 1. The van der Waals surface area contributed by atoms with Gasteiger partial charge < -0.3 is 0 Å². The standard InChI is InChI=1S/C17H13ClN2OS/c1-11-5-7-14-15(9-11)22-17(19-14)20-16(21)8-6-12-3-2-4-13(18)10-12/h2-10H,1H3,(H,19,20,21)/b8-6+. The number of aryl methyl sites for hydroxylation is 1. The molecule has 2 aromatic carbocycles. The highest BCUT2D eigenvalue weighted by Gasteiger charge is 2.05. The van der Waals surface area contributed by atoms with E-state index in [4.69, 9.17) is 11.6 Å². The van der Waals surface area contributed by atoms with Gasteiger partial charge in [0.15, 0.2) is 5.13 Å². The molecule has 0 fully saturated rings. The Morgan fingerprint density at radius 3 is 2.95 bits per heavy atom. The van der Waals surface area contributed by atoms with Crippen LogP contribution in [0.15, 0.2) is 48.5 Å². The average Bonchev–Trinajstić information content (AvgIpc) is 2.86. The number of hydrogen-bond acceptors (Lipinski definition) is 3. The molecule has 0 radical (unpaired) electrons. The summed E-state index contributed by atoms with van der Waals surface area (Å²) < 4.78 is 1.06. The number of halogens is 1. The van der Waals surface area contributed by atoms with Crippen molar-refractivity contribution < 1.29 is 4.79 Å². The van der Waals surface area contributed by atoms with E-state index in [1.54, 1.807) is 18.2 Å². The minimum Gasteiger partial charge on any atom is -0.298 e. The summed E-state index contributed by atoms with van der Waals surface area (Å²) in [5.41, 5.74) is 2.95. The predicted octanol–water partition coefficient (Wildman–Crippen LogP) is 4.91. The van der Waals surface area contributed by atoms with Crippen molar-refractivity contribution in [3.8, 4) is 0 Å². The van der Waals surface area contributed by atoms with E-state index in [1.807, 2.05) is 31.2 Å². The van der Waals surface area contributed by atoms with Crippen molar-refractivity contribution in [3.63, 3.8) is 0 Å². The SMILES string of the molecule is Cc1ccc2nc(NC(=O)/C=C/c3cccc(Cl)c3)sc2c1. The summed E-state index contributed by atoms with van der Waals surface area (Å²) in [6, 6.07) is 13.3. The highest BCUT2D eigenvalue weighted by Crippen LogP contribution is 2.26. The number of aromatic nitrogens is 1. The Balaban J connectivity index is 1.72. The number of hydrogen-bond donors (Lipinski definition) is 1. The van der Waals surface area contributed by atoms with Gasteiger partial charge in [0.25, 0.3) is 0 Å². The first-order chi connectivity index (χ1) is 10.6. The molecule has 22 heavy (non-hydrogen) atoms. The van der Waals surface area contributed by atoms with E-state index in [0.29, 0.717) is 10.2 Å². The fourth-order valence-electron chi connectivity index (χ4n) is 2.01. The molecule has 0 atom stereocenters. The zero-order valence-electron chi connectivity index (χ0n) is 11.8. The van der Waals surface area contributed by atoms with Gasteiger partial charge in [-0.2, -0.15) is 0 Å². The molecule has 0 saturated heterocycles. The van der Waals surface area contributed by atoms with Crippen LogP contribution in [0.3, 0.4) is 0 Å². The highest BCUT2D eigenvalue weighted by molar-refractivity contribution is 7.22. The molecule has 0 aliphatic carbocycles. The van der Waals surface area contributed by atoms with E-state index in [-0.39, 0.29) is 5.91 Å². The summed E-state index contributed by atoms with van der Waals surface area (Å²) in [7, 11) is 0. The molecule has 1 N–H and O–H groups in total. The minimum atomic E-state index is -0.212. The van der Waals surface area contributed by atoms with Crippen LogP contribution < -0.4 is 5.32 Å². The first kappa shape index (κ1) is 14.8. The van der Waals surface area contributed by atoms with Gasteiger partial charge in [-0.1, -0.05) is 41.1 Å². The molecule has 1 heterocycles. The molecule has 3 aromatic rings. The maximum atomic E-state index is 12.0. The zero-order chi connectivity index (χ0) is 15.5. The van der Waals surface area contributed by atoms with Crippen LogP contribution in [0, 0.1) is 6.92 Å². The number of nitrogens with zero attached hydrogens (tertiary/aromatic N) is 1. The van der Waals surface area contributed by atoms with Gasteiger partial charge >= 0.3 is 0 Å². The number of anilines is 1. The fraction of sp³-hybridized carbons (Fsp3) is 0.0588. The normalized spacial score (nSPS) is 11.2. The fourth-order valence-corrected chi connectivity index (χ4v) is 3.18. The van der Waals surface area contributed by atoms with Gasteiger partial charge in [0.2, 0.25) is 5.91 Å². The second-order valence-electron chi connectivity index (χ2n) is 4.87. The number of rotatable bonds is 3. The first-order valence-corrected chi connectivity index (χ1v) is 7.91. The minimum absolute atomic E-state index is 0.212. The third-order valence-corrected chi connectivity index (χ3v) is 4.22. The van der Waals surface area contributed by atoms with Crippen LogP contribution in [-0.4, -0.2) is 10.9 Å². The molecule has 1 amide bonds. The van der Waals surface area contributed by atoms with Crippen molar-refractivity contribution >= 4 is 50.3 Å². The van der Waals surface area contributed by atoms with Crippen molar-refractivity contribution in [1.29, 1.82) is 0 Å². The van der Waals surface area contributed by atoms with Crippen LogP contribution in [0.5, 0.6) is 0 Å². The third kappa shape index (κ3) is 3.53. The van der Waals surface area contributed by atoms with Crippen molar-refractivity contribution in [2.24, 2.45) is 0 Å². The second kappa shape index (κ2) is 6.30. The maximum Gasteiger partial charge on any atom is 0.250 e. The van der Waals surface area contributed by atoms with E-state index in [0.717, 1.165) is 15.8 Å². The largest absolute Gasteiger partial charge is 0.298 e. The van der Waals surface area contributed by atoms with Gasteiger partial charge in [-0.15, -0.1) is 0 Å². The van der Waals surface area contributed by atoms with Crippen LogP contribution in [0.4, 0.5) is 5.13 Å². The van der Waals surface area contributed by atoms with Crippen molar-refractivity contribution in [2.75, 3.05) is 5.32 Å². The zero-order valence-corrected chi connectivity index (χ0v) is 13.4. The Bertz CT molecular complexity index is 870. The molecule has 0 aliphatic rings. The van der Waals surface area contributed by atoms with Crippen LogP contribution in [0.25, 0.3) is 16.3 Å². The number of fused-ring (bicyclic) bond motifs is 1. The molecule has 0 saturated carbocycles. The lowest BCUT2D eigenvalue weighted by atomic mass is 10.2. The van der Waals surface area contributed by atoms with E-state index < -0.39 is 0 Å². The molecule has 0 aliphatic heterocycles. The summed E-state index contributed by atoms with van der Waals surface area (Å²) >= 11 is 7.37. The lowest BCUT2D eigenvalue weighted by Gasteiger charge is -1.96. The van der Waals surface area contributed by atoms with Crippen molar-refractivity contribution in [3.05, 3.63) is 64.7 Å². The number of nitrogens with one attached hydrogen (secondary N) is 1. The predicted molar refractivity (Wildman–Crippen MR) is 93.5 cm³/mol. The molecule has 3 nitrogen and oxygen atoms in total. The molecule has 1 aromatic heterocycles. The lowest BCUT2D eigenvalue weighted by Crippen LogP contribution is -2.07. The van der Waals surface area contributed by atoms with Crippen LogP contribution >= 0.6 is 22.9 Å². The van der Waals surface area contributed by atoms with Gasteiger partial charge in [0.1, 0.15) is 0 Å². The van der Waals surface area contributed by atoms with Gasteiger partial charge in [0.05, 0.1) is 10.2 Å². The summed E-state index contributed by atoms with van der Waals surface area (Å²) in [5, 5.41) is 4.03. The molecular weight excluding hydrogens is 316 g/mol. The Kier molecular flexibility index (Phi) is 4.22. The Hall–Kier alpha value is -2.17. The van der Waals surface area contributed by atoms with Gasteiger partial charge in [-0.3, -0.25) is 10.1 Å². The number of carbonyl (C=O) groups is 1. The number of benzene rings is 2. The van der Waals surface area contributed by atoms with Crippen LogP contribution in [0.1, 0.15) is 11.1 Å². The Morgan fingerprint density at radius 1 is 1.27 bits per heavy atom. The molecule has 3 rings (SSSR count). The molecule has 0 bridgehead atoms. The summed E-state index contributed by atoms with van der Waals surface area (Å²) in [5.74, 6) is -0.212. The van der Waals surface area contributed by atoms with Gasteiger partial charge in [0, 0.05) is 11.1 Å². The quantitative estimate of drug-likeness (QED) is 0.694. The smallest absolute Gasteiger partial charge is 0.250 e. The highest BCUT2D eigenvalue weighted by atomic mass is 35.5. The summed E-state index contributed by atoms with van der Waals surface area (Å²) in [6.07, 6.45) is 3.20. The van der Waals surface area contributed by atoms with E-state index in [1.165, 1.54) is 23.0 Å². The van der Waals surface area contributed by atoms with Crippen LogP contribution in [-0.2, 0) is 4.79 Å². The first-order valence-electron chi connectivity index (χ1n) is 6.72. The van der Waals surface area contributed by atoms with Crippen molar-refractivity contribution in [2.45, 2.75) is 6.92 Å². The molecule has 0 unspecified atom stereocenters. The molecule has 5 heteroatoms. The van der Waals surface area contributed by atoms with E-state index in [9.17, 15) is 4.79 Å². The molecule has 0 spiro atoms. The van der Waals surface area contributed by atoms with Gasteiger partial charge in [-0.25, -0.2) is 4.98 Å². The van der Waals surface area contributed by atoms with Crippen LogP contribution in [0.2, 0.25) is 5.02 Å². The average molecular weight is 329 g/mol. The third-order valence-electron chi connectivity index (χ3n) is 3.05. The second-order valence-corrected chi connectivity index (χ2v) is 6.33. The maximum absolute atomic E-state index is 12.0. The van der Waals surface area contributed by atoms with E-state index >= 15 is 0 Å². The number of thiazole rings is 1. The monoisotopic (exact) mass is 328 g/mol. The van der Waals surface area contributed by atoms with Crippen molar-refractivity contribution in [1.82, 2.24) is 4.98 Å².